The highest BCUT2D eigenvalue weighted by molar-refractivity contribution is 5.99. The third kappa shape index (κ3) is 5.69. The topological polar surface area (TPSA) is 119 Å². The molecule has 0 saturated carbocycles. The second kappa shape index (κ2) is 11.7. The Hall–Kier alpha value is -3.82. The van der Waals surface area contributed by atoms with E-state index in [9.17, 15) is 4.79 Å². The lowest BCUT2D eigenvalue weighted by Gasteiger charge is -2.32. The van der Waals surface area contributed by atoms with Gasteiger partial charge in [-0.1, -0.05) is 24.3 Å². The van der Waals surface area contributed by atoms with Gasteiger partial charge in [-0.3, -0.25) is 4.79 Å². The number of hydrogen-bond acceptors (Lipinski definition) is 6. The minimum Gasteiger partial charge on any atom is -0.467 e. The number of aromatic nitrogens is 2. The average molecular weight is 491 g/mol. The fourth-order valence-electron chi connectivity index (χ4n) is 4.71. The van der Waals surface area contributed by atoms with E-state index in [1.165, 1.54) is 0 Å². The van der Waals surface area contributed by atoms with Gasteiger partial charge in [0.05, 0.1) is 29.4 Å². The molecule has 3 heterocycles. The molecule has 1 fully saturated rings. The van der Waals surface area contributed by atoms with E-state index in [1.54, 1.807) is 6.26 Å². The van der Waals surface area contributed by atoms with Crippen molar-refractivity contribution < 1.29 is 14.7 Å². The van der Waals surface area contributed by atoms with E-state index < -0.39 is 0 Å². The molecule has 5 N–H and O–H groups in total. The van der Waals surface area contributed by atoms with E-state index >= 15 is 0 Å². The Morgan fingerprint density at radius 3 is 2.61 bits per heavy atom. The number of hydrogen-bond donors (Lipinski definition) is 3. The first-order valence-electron chi connectivity index (χ1n) is 12.2. The van der Waals surface area contributed by atoms with Crippen molar-refractivity contribution in [3.63, 3.8) is 0 Å². The molecule has 9 heteroatoms. The van der Waals surface area contributed by atoms with Crippen LogP contribution in [-0.2, 0) is 6.54 Å². The number of anilines is 2. The summed E-state index contributed by atoms with van der Waals surface area (Å²) in [4.78, 5) is 19.8. The molecule has 190 valence electrons. The number of piperidine rings is 1. The van der Waals surface area contributed by atoms with Crippen molar-refractivity contribution >= 4 is 28.6 Å². The SMILES string of the molecule is CNc1ccccc1C(=O)NCCN1CCC(Nc2nc3ccccc3n2Cc2ccco2)CC1.O. The van der Waals surface area contributed by atoms with Crippen LogP contribution in [0.25, 0.3) is 11.0 Å². The Morgan fingerprint density at radius 2 is 1.83 bits per heavy atom. The second-order valence-electron chi connectivity index (χ2n) is 8.90. The van der Waals surface area contributed by atoms with E-state index in [4.69, 9.17) is 9.40 Å². The fraction of sp³-hybridized carbons (Fsp3) is 0.333. The standard InChI is InChI=1S/C27H32N6O2.H2O/c1-28-23-9-3-2-8-22(23)26(34)29-14-17-32-15-12-20(13-16-32)30-27-31-24-10-4-5-11-25(24)33(27)19-21-7-6-18-35-21;/h2-11,18,20,28H,12-17,19H2,1H3,(H,29,34)(H,30,31);1H2. The van der Waals surface area contributed by atoms with Crippen LogP contribution < -0.4 is 16.0 Å². The first-order chi connectivity index (χ1) is 17.2. The lowest BCUT2D eigenvalue weighted by molar-refractivity contribution is 0.0947. The van der Waals surface area contributed by atoms with Gasteiger partial charge in [0, 0.05) is 45.0 Å². The number of para-hydroxylation sites is 3. The van der Waals surface area contributed by atoms with Crippen LogP contribution in [0.3, 0.4) is 0 Å². The van der Waals surface area contributed by atoms with Crippen molar-refractivity contribution in [2.45, 2.75) is 25.4 Å². The molecule has 1 saturated heterocycles. The van der Waals surface area contributed by atoms with Crippen molar-refractivity contribution in [2.75, 3.05) is 43.9 Å². The fourth-order valence-corrected chi connectivity index (χ4v) is 4.71. The van der Waals surface area contributed by atoms with E-state index in [2.05, 4.69) is 31.5 Å². The van der Waals surface area contributed by atoms with Crippen molar-refractivity contribution in [3.05, 3.63) is 78.3 Å². The molecular weight excluding hydrogens is 456 g/mol. The van der Waals surface area contributed by atoms with Crippen molar-refractivity contribution in [3.8, 4) is 0 Å². The van der Waals surface area contributed by atoms with Gasteiger partial charge >= 0.3 is 0 Å². The minimum absolute atomic E-state index is 0. The number of nitrogens with one attached hydrogen (secondary N) is 3. The lowest BCUT2D eigenvalue weighted by atomic mass is 10.1. The number of rotatable bonds is 9. The Labute approximate surface area is 210 Å². The first kappa shape index (κ1) is 25.3. The van der Waals surface area contributed by atoms with Gasteiger partial charge in [-0.25, -0.2) is 4.98 Å². The maximum atomic E-state index is 12.5. The lowest BCUT2D eigenvalue weighted by Crippen LogP contribution is -2.43. The number of nitrogens with zero attached hydrogens (tertiary/aromatic N) is 3. The van der Waals surface area contributed by atoms with Gasteiger partial charge in [-0.15, -0.1) is 0 Å². The molecule has 0 radical (unpaired) electrons. The summed E-state index contributed by atoms with van der Waals surface area (Å²) in [5.74, 6) is 1.75. The largest absolute Gasteiger partial charge is 0.467 e. The van der Waals surface area contributed by atoms with E-state index in [0.29, 0.717) is 24.7 Å². The third-order valence-corrected chi connectivity index (χ3v) is 6.62. The predicted molar refractivity (Wildman–Crippen MR) is 143 cm³/mol. The summed E-state index contributed by atoms with van der Waals surface area (Å²) in [6.45, 7) is 4.09. The van der Waals surface area contributed by atoms with Crippen LogP contribution in [0.4, 0.5) is 11.6 Å². The number of furan rings is 1. The van der Waals surface area contributed by atoms with Crippen LogP contribution in [0.2, 0.25) is 0 Å². The maximum Gasteiger partial charge on any atom is 0.253 e. The van der Waals surface area contributed by atoms with Crippen LogP contribution in [0.1, 0.15) is 29.0 Å². The number of benzene rings is 2. The van der Waals surface area contributed by atoms with Gasteiger partial charge in [0.25, 0.3) is 5.91 Å². The van der Waals surface area contributed by atoms with Gasteiger partial charge in [-0.2, -0.15) is 0 Å². The maximum absolute atomic E-state index is 12.5. The van der Waals surface area contributed by atoms with Gasteiger partial charge in [0.15, 0.2) is 0 Å². The van der Waals surface area contributed by atoms with Gasteiger partial charge in [0.1, 0.15) is 5.76 Å². The van der Waals surface area contributed by atoms with Crippen molar-refractivity contribution in [1.82, 2.24) is 19.8 Å². The summed E-state index contributed by atoms with van der Waals surface area (Å²) in [7, 11) is 1.83. The molecule has 5 rings (SSSR count). The quantitative estimate of drug-likeness (QED) is 0.332. The summed E-state index contributed by atoms with van der Waals surface area (Å²) in [6, 6.07) is 20.0. The molecule has 4 aromatic rings. The zero-order valence-corrected chi connectivity index (χ0v) is 20.5. The van der Waals surface area contributed by atoms with Crippen LogP contribution in [0.5, 0.6) is 0 Å². The van der Waals surface area contributed by atoms with Crippen molar-refractivity contribution in [2.24, 2.45) is 0 Å². The molecule has 1 aliphatic heterocycles. The second-order valence-corrected chi connectivity index (χ2v) is 8.90. The molecule has 1 aliphatic rings. The molecule has 0 bridgehead atoms. The molecule has 0 spiro atoms. The zero-order valence-electron chi connectivity index (χ0n) is 20.5. The van der Waals surface area contributed by atoms with Crippen molar-refractivity contribution in [1.29, 1.82) is 0 Å². The normalized spacial score (nSPS) is 14.4. The van der Waals surface area contributed by atoms with Gasteiger partial charge in [0.2, 0.25) is 5.95 Å². The number of carbonyl (C=O) groups is 1. The first-order valence-corrected chi connectivity index (χ1v) is 12.2. The van der Waals surface area contributed by atoms with E-state index in [0.717, 1.165) is 60.9 Å². The summed E-state index contributed by atoms with van der Waals surface area (Å²) in [6.07, 6.45) is 3.76. The third-order valence-electron chi connectivity index (χ3n) is 6.62. The highest BCUT2D eigenvalue weighted by Crippen LogP contribution is 2.24. The van der Waals surface area contributed by atoms with Crippen LogP contribution in [0.15, 0.2) is 71.3 Å². The summed E-state index contributed by atoms with van der Waals surface area (Å²) in [5.41, 5.74) is 3.60. The molecule has 1 amide bonds. The Kier molecular flexibility index (Phi) is 8.24. The number of likely N-dealkylation sites (tertiary alicyclic amines) is 1. The number of imidazole rings is 1. The highest BCUT2D eigenvalue weighted by atomic mass is 16.3. The Morgan fingerprint density at radius 1 is 1.06 bits per heavy atom. The average Bonchev–Trinajstić information content (AvgIpc) is 3.53. The highest BCUT2D eigenvalue weighted by Gasteiger charge is 2.22. The zero-order chi connectivity index (χ0) is 24.0. The summed E-state index contributed by atoms with van der Waals surface area (Å²) in [5, 5.41) is 9.82. The molecule has 0 atom stereocenters. The molecule has 36 heavy (non-hydrogen) atoms. The monoisotopic (exact) mass is 490 g/mol. The molecule has 0 unspecified atom stereocenters. The van der Waals surface area contributed by atoms with Crippen LogP contribution in [-0.4, -0.2) is 65.1 Å². The molecule has 0 aliphatic carbocycles. The Bertz CT molecular complexity index is 1260. The summed E-state index contributed by atoms with van der Waals surface area (Å²) >= 11 is 0. The summed E-state index contributed by atoms with van der Waals surface area (Å²) < 4.78 is 7.79. The minimum atomic E-state index is -0.0398. The number of carbonyl (C=O) groups excluding carboxylic acids is 1. The Balaban J connectivity index is 0.00000304. The van der Waals surface area contributed by atoms with Gasteiger partial charge in [-0.05, 0) is 49.2 Å². The van der Waals surface area contributed by atoms with Crippen LogP contribution in [0, 0.1) is 0 Å². The van der Waals surface area contributed by atoms with E-state index in [1.807, 2.05) is 61.6 Å². The van der Waals surface area contributed by atoms with E-state index in [-0.39, 0.29) is 11.4 Å². The number of fused-ring (bicyclic) bond motifs is 1. The smallest absolute Gasteiger partial charge is 0.253 e. The predicted octanol–water partition coefficient (Wildman–Crippen LogP) is 3.20. The van der Waals surface area contributed by atoms with Gasteiger partial charge < -0.3 is 35.3 Å². The van der Waals surface area contributed by atoms with Crippen LogP contribution >= 0.6 is 0 Å². The molecule has 2 aromatic heterocycles. The molecular formula is C27H34N6O3. The molecule has 9 nitrogen and oxygen atoms in total. The number of amides is 1. The molecule has 2 aromatic carbocycles.